The van der Waals surface area contributed by atoms with Crippen molar-refractivity contribution in [3.8, 4) is 6.01 Å². The van der Waals surface area contributed by atoms with Gasteiger partial charge in [0.25, 0.3) is 0 Å². The minimum atomic E-state index is -0.745. The number of nitrogens with one attached hydrogen (secondary N) is 2. The smallest absolute Gasteiger partial charge is 0.319 e. The lowest BCUT2D eigenvalue weighted by Gasteiger charge is -2.43. The van der Waals surface area contributed by atoms with Crippen molar-refractivity contribution in [2.45, 2.75) is 63.7 Å². The molecule has 4 heterocycles. The second-order valence-corrected chi connectivity index (χ2v) is 11.6. The van der Waals surface area contributed by atoms with Gasteiger partial charge in [-0.3, -0.25) is 4.90 Å². The molecule has 6 rings (SSSR count). The highest BCUT2D eigenvalue weighted by atomic mass is 35.5. The van der Waals surface area contributed by atoms with Crippen LogP contribution < -0.4 is 15.0 Å². The molecule has 1 aliphatic carbocycles. The van der Waals surface area contributed by atoms with Crippen LogP contribution >= 0.6 is 11.6 Å². The molecule has 0 spiro atoms. The van der Waals surface area contributed by atoms with E-state index >= 15 is 4.39 Å². The highest BCUT2D eigenvalue weighted by Gasteiger charge is 2.41. The van der Waals surface area contributed by atoms with E-state index in [0.717, 1.165) is 58.3 Å². The predicted molar refractivity (Wildman–Crippen MR) is 137 cm³/mol. The third-order valence-corrected chi connectivity index (χ3v) is 8.73. The van der Waals surface area contributed by atoms with Crippen LogP contribution in [0, 0.1) is 16.6 Å². The van der Waals surface area contributed by atoms with Crippen molar-refractivity contribution < 1.29 is 13.5 Å². The summed E-state index contributed by atoms with van der Waals surface area (Å²) in [4.78, 5) is 13.7. The van der Waals surface area contributed by atoms with Crippen molar-refractivity contribution in [1.82, 2.24) is 20.2 Å². The number of anilines is 1. The Morgan fingerprint density at radius 3 is 2.58 bits per heavy atom. The highest BCUT2D eigenvalue weighted by molar-refractivity contribution is 6.35. The second kappa shape index (κ2) is 9.33. The number of rotatable bonds is 7. The Hall–Kier alpha value is -2.10. The molecule has 4 fully saturated rings. The van der Waals surface area contributed by atoms with Crippen molar-refractivity contribution in [2.75, 3.05) is 44.2 Å². The molecule has 0 amide bonds. The number of halogens is 3. The summed E-state index contributed by atoms with van der Waals surface area (Å²) in [5.41, 5.74) is 0.193. The van der Waals surface area contributed by atoms with Crippen molar-refractivity contribution in [3.05, 3.63) is 22.5 Å². The zero-order valence-corrected chi connectivity index (χ0v) is 21.4. The van der Waals surface area contributed by atoms with Crippen molar-refractivity contribution in [1.29, 1.82) is 5.41 Å². The summed E-state index contributed by atoms with van der Waals surface area (Å²) in [7, 11) is 0. The Morgan fingerprint density at radius 2 is 1.97 bits per heavy atom. The van der Waals surface area contributed by atoms with Crippen LogP contribution in [-0.2, 0) is 0 Å². The summed E-state index contributed by atoms with van der Waals surface area (Å²) in [6.07, 6.45) is 5.23. The lowest BCUT2D eigenvalue weighted by atomic mass is 9.69. The average molecular weight is 519 g/mol. The van der Waals surface area contributed by atoms with Gasteiger partial charge in [-0.2, -0.15) is 9.97 Å². The molecular formula is C26H33ClF2N6O. The van der Waals surface area contributed by atoms with E-state index in [1.54, 1.807) is 6.07 Å². The molecule has 2 bridgehead atoms. The maximum atomic E-state index is 15.7. The van der Waals surface area contributed by atoms with Gasteiger partial charge in [-0.05, 0) is 45.1 Å². The first-order chi connectivity index (χ1) is 17.3. The van der Waals surface area contributed by atoms with Gasteiger partial charge in [0.2, 0.25) is 0 Å². The fourth-order valence-corrected chi connectivity index (χ4v) is 6.76. The highest BCUT2D eigenvalue weighted by Crippen LogP contribution is 2.43. The molecule has 10 heteroatoms. The van der Waals surface area contributed by atoms with E-state index in [-0.39, 0.29) is 33.2 Å². The zero-order valence-electron chi connectivity index (χ0n) is 20.6. The number of nitrogens with zero attached hydrogens (tertiary/aromatic N) is 4. The van der Waals surface area contributed by atoms with Gasteiger partial charge in [0.05, 0.1) is 17.2 Å². The fourth-order valence-electron chi connectivity index (χ4n) is 6.43. The Balaban J connectivity index is 1.34. The van der Waals surface area contributed by atoms with E-state index in [1.807, 2.05) is 0 Å². The maximum Gasteiger partial charge on any atom is 0.319 e. The lowest BCUT2D eigenvalue weighted by molar-refractivity contribution is 0.0196. The molecule has 2 aromatic rings. The number of hydrogen-bond donors (Lipinski definition) is 2. The number of benzene rings is 1. The summed E-state index contributed by atoms with van der Waals surface area (Å²) >= 11 is 6.43. The third kappa shape index (κ3) is 4.43. The normalized spacial score (nSPS) is 27.4. The van der Waals surface area contributed by atoms with Gasteiger partial charge >= 0.3 is 6.01 Å². The Bertz CT molecular complexity index is 1180. The largest absolute Gasteiger partial charge is 0.463 e. The molecule has 3 aliphatic heterocycles. The lowest BCUT2D eigenvalue weighted by Crippen LogP contribution is -2.51. The molecular weight excluding hydrogens is 486 g/mol. The zero-order chi connectivity index (χ0) is 25.0. The summed E-state index contributed by atoms with van der Waals surface area (Å²) in [5, 5.41) is 12.4. The van der Waals surface area contributed by atoms with E-state index in [9.17, 15) is 4.39 Å². The van der Waals surface area contributed by atoms with Gasteiger partial charge in [0, 0.05) is 61.3 Å². The number of hydrogen-bond acceptors (Lipinski definition) is 7. The van der Waals surface area contributed by atoms with Crippen LogP contribution in [0.2, 0.25) is 5.02 Å². The Labute approximate surface area is 215 Å². The summed E-state index contributed by atoms with van der Waals surface area (Å²) in [6.45, 7) is 5.56. The molecule has 1 aromatic heterocycles. The van der Waals surface area contributed by atoms with Crippen LogP contribution in [0.3, 0.4) is 0 Å². The topological polar surface area (TPSA) is 77.4 Å². The van der Waals surface area contributed by atoms with Gasteiger partial charge in [-0.15, -0.1) is 0 Å². The first kappa shape index (κ1) is 24.2. The Kier molecular flexibility index (Phi) is 6.29. The molecule has 1 saturated carbocycles. The maximum absolute atomic E-state index is 15.7. The standard InChI is InChI=1S/C26H33ClF2N6O/c1-15(30)21-20(27)9-19-23(22(21)29)32-25(33-24(19)35-11-17-3-4-18(12-35)31-17)36-14-26(6-2-7-26)13-34-8-5-16(28)10-34/h9,16-18,30-31H,2-8,10-14H2,1H3/t16-,17?,18?/m1/s1. The molecule has 36 heavy (non-hydrogen) atoms. The second-order valence-electron chi connectivity index (χ2n) is 11.2. The van der Waals surface area contributed by atoms with Crippen LogP contribution in [-0.4, -0.2) is 78.2 Å². The number of aromatic nitrogens is 2. The molecule has 3 atom stereocenters. The molecule has 0 radical (unpaired) electrons. The minimum Gasteiger partial charge on any atom is -0.463 e. The van der Waals surface area contributed by atoms with Crippen LogP contribution in [0.5, 0.6) is 6.01 Å². The van der Waals surface area contributed by atoms with Gasteiger partial charge in [-0.25, -0.2) is 8.78 Å². The number of alkyl halides is 1. The van der Waals surface area contributed by atoms with Crippen LogP contribution in [0.25, 0.3) is 10.9 Å². The van der Waals surface area contributed by atoms with E-state index in [2.05, 4.69) is 20.1 Å². The number of fused-ring (bicyclic) bond motifs is 3. The molecule has 194 valence electrons. The van der Waals surface area contributed by atoms with Gasteiger partial charge < -0.3 is 20.4 Å². The monoisotopic (exact) mass is 518 g/mol. The molecule has 2 unspecified atom stereocenters. The van der Waals surface area contributed by atoms with Gasteiger partial charge in [0.1, 0.15) is 17.5 Å². The molecule has 7 nitrogen and oxygen atoms in total. The van der Waals surface area contributed by atoms with Crippen LogP contribution in [0.1, 0.15) is 51.0 Å². The minimum absolute atomic E-state index is 0.0486. The SMILES string of the molecule is CC(=N)c1c(Cl)cc2c(N3CC4CCC(C3)N4)nc(OCC3(CN4CC[C@@H](F)C4)CCC3)nc2c1F. The number of likely N-dealkylation sites (tertiary alicyclic amines) is 1. The van der Waals surface area contributed by atoms with Crippen molar-refractivity contribution in [2.24, 2.45) is 5.41 Å². The third-order valence-electron chi connectivity index (χ3n) is 8.43. The quantitative estimate of drug-likeness (QED) is 0.531. The molecule has 4 aliphatic rings. The first-order valence-electron chi connectivity index (χ1n) is 13.1. The van der Waals surface area contributed by atoms with Gasteiger partial charge in [-0.1, -0.05) is 18.0 Å². The van der Waals surface area contributed by atoms with E-state index in [1.165, 1.54) is 6.92 Å². The van der Waals surface area contributed by atoms with E-state index in [4.69, 9.17) is 26.7 Å². The van der Waals surface area contributed by atoms with Crippen molar-refractivity contribution in [3.63, 3.8) is 0 Å². The molecule has 3 saturated heterocycles. The fraction of sp³-hybridized carbons (Fsp3) is 0.654. The van der Waals surface area contributed by atoms with Crippen LogP contribution in [0.4, 0.5) is 14.6 Å². The summed E-state index contributed by atoms with van der Waals surface area (Å²) < 4.78 is 35.6. The van der Waals surface area contributed by atoms with Crippen molar-refractivity contribution >= 4 is 34.0 Å². The van der Waals surface area contributed by atoms with Crippen LogP contribution in [0.15, 0.2) is 6.07 Å². The Morgan fingerprint density at radius 1 is 1.22 bits per heavy atom. The van der Waals surface area contributed by atoms with Gasteiger partial charge in [0.15, 0.2) is 5.82 Å². The molecule has 2 N–H and O–H groups in total. The van der Waals surface area contributed by atoms with E-state index < -0.39 is 12.0 Å². The predicted octanol–water partition coefficient (Wildman–Crippen LogP) is 4.34. The number of ether oxygens (including phenoxy) is 1. The first-order valence-corrected chi connectivity index (χ1v) is 13.4. The average Bonchev–Trinajstić information content (AvgIpc) is 3.38. The summed E-state index contributed by atoms with van der Waals surface area (Å²) in [5.74, 6) is 0.0203. The molecule has 1 aromatic carbocycles. The summed E-state index contributed by atoms with van der Waals surface area (Å²) in [6, 6.07) is 2.58. The number of piperazine rings is 1. The van der Waals surface area contributed by atoms with E-state index in [0.29, 0.717) is 42.9 Å².